The summed E-state index contributed by atoms with van der Waals surface area (Å²) in [4.78, 5) is 0. The van der Waals surface area contributed by atoms with Gasteiger partial charge in [0.1, 0.15) is 5.76 Å². The highest BCUT2D eigenvalue weighted by molar-refractivity contribution is 7.80. The molecule has 0 aliphatic heterocycles. The number of aliphatic hydroxyl groups is 1. The molecule has 1 aliphatic rings. The third-order valence-corrected chi connectivity index (χ3v) is 7.92. The first-order chi connectivity index (χ1) is 17.3. The molecule has 3 aromatic carbocycles. The summed E-state index contributed by atoms with van der Waals surface area (Å²) in [6.07, 6.45) is 14.2. The molecule has 35 heavy (non-hydrogen) atoms. The van der Waals surface area contributed by atoms with Gasteiger partial charge in [-0.3, -0.25) is 0 Å². The van der Waals surface area contributed by atoms with Crippen molar-refractivity contribution in [2.24, 2.45) is 5.92 Å². The van der Waals surface area contributed by atoms with E-state index in [1.807, 2.05) is 13.8 Å². The monoisotopic (exact) mass is 484 g/mol. The highest BCUT2D eigenvalue weighted by atomic mass is 31.1. The van der Waals surface area contributed by atoms with Gasteiger partial charge in [0.25, 0.3) is 0 Å². The molecule has 0 fully saturated rings. The summed E-state index contributed by atoms with van der Waals surface area (Å²) < 4.78 is 6.12. The summed E-state index contributed by atoms with van der Waals surface area (Å²) in [5, 5.41) is 13.2. The van der Waals surface area contributed by atoms with E-state index in [0.717, 1.165) is 12.2 Å². The molecule has 0 saturated heterocycles. The van der Waals surface area contributed by atoms with E-state index >= 15 is 0 Å². The van der Waals surface area contributed by atoms with Gasteiger partial charge in [-0.25, -0.2) is 0 Å². The lowest BCUT2D eigenvalue weighted by Gasteiger charge is -2.26. The van der Waals surface area contributed by atoms with Crippen molar-refractivity contribution < 1.29 is 9.84 Å². The second kappa shape index (κ2) is 15.7. The minimum atomic E-state index is -0.704. The Hall–Kier alpha value is -3.11. The molecule has 1 aliphatic carbocycles. The molecule has 4 rings (SSSR count). The van der Waals surface area contributed by atoms with Gasteiger partial charge in [-0.2, -0.15) is 0 Å². The Morgan fingerprint density at radius 3 is 1.97 bits per heavy atom. The van der Waals surface area contributed by atoms with E-state index in [2.05, 4.69) is 117 Å². The van der Waals surface area contributed by atoms with Gasteiger partial charge in [-0.15, -0.1) is 12.8 Å². The zero-order valence-electron chi connectivity index (χ0n) is 21.1. The largest absolute Gasteiger partial charge is 0.493 e. The van der Waals surface area contributed by atoms with Gasteiger partial charge in [-0.05, 0) is 47.8 Å². The lowest BCUT2D eigenvalue weighted by atomic mass is 9.92. The summed E-state index contributed by atoms with van der Waals surface area (Å²) in [5.41, 5.74) is 2.41. The van der Waals surface area contributed by atoms with Gasteiger partial charge >= 0.3 is 0 Å². The number of allylic oxidation sites excluding steroid dienone is 3. The van der Waals surface area contributed by atoms with Crippen LogP contribution in [0.15, 0.2) is 103 Å². The second-order valence-electron chi connectivity index (χ2n) is 7.81. The van der Waals surface area contributed by atoms with Crippen LogP contribution in [0, 0.1) is 18.8 Å². The van der Waals surface area contributed by atoms with Crippen molar-refractivity contribution in [2.45, 2.75) is 33.6 Å². The maximum atomic E-state index is 9.18. The number of aliphatic hydroxyl groups excluding tert-OH is 1. The second-order valence-corrected chi connectivity index (χ2v) is 10.00. The number of ether oxygens (including phenoxy) is 1. The summed E-state index contributed by atoms with van der Waals surface area (Å²) in [7, 11) is -0.704. The summed E-state index contributed by atoms with van der Waals surface area (Å²) >= 11 is 0. The van der Waals surface area contributed by atoms with Crippen LogP contribution in [-0.2, 0) is 4.74 Å². The zero-order chi connectivity index (χ0) is 25.5. The van der Waals surface area contributed by atoms with Gasteiger partial charge in [0.05, 0.1) is 6.61 Å². The third-order valence-electron chi connectivity index (χ3n) is 5.42. The van der Waals surface area contributed by atoms with Crippen molar-refractivity contribution >= 4 is 29.4 Å². The quantitative estimate of drug-likeness (QED) is 0.227. The molecule has 1 N–H and O–H groups in total. The molecule has 0 aromatic heterocycles. The summed E-state index contributed by atoms with van der Waals surface area (Å²) in [5.74, 6) is 1.41. The van der Waals surface area contributed by atoms with Gasteiger partial charge in [0, 0.05) is 18.6 Å². The Balaban J connectivity index is 0.00000103. The van der Waals surface area contributed by atoms with Crippen molar-refractivity contribution in [3.8, 4) is 12.8 Å². The molecule has 0 saturated carbocycles. The van der Waals surface area contributed by atoms with Crippen molar-refractivity contribution in [3.05, 3.63) is 108 Å². The first-order valence-electron chi connectivity index (χ1n) is 12.3. The van der Waals surface area contributed by atoms with Crippen LogP contribution in [-0.4, -0.2) is 18.3 Å². The zero-order valence-corrected chi connectivity index (χ0v) is 22.0. The van der Waals surface area contributed by atoms with Crippen LogP contribution < -0.4 is 15.9 Å². The van der Waals surface area contributed by atoms with Crippen molar-refractivity contribution in [1.29, 1.82) is 0 Å². The van der Waals surface area contributed by atoms with Gasteiger partial charge in [-0.1, -0.05) is 112 Å². The smallest absolute Gasteiger partial charge is 0.122 e. The predicted molar refractivity (Wildman–Crippen MR) is 154 cm³/mol. The van der Waals surface area contributed by atoms with Gasteiger partial charge in [0.2, 0.25) is 0 Å². The molecular weight excluding hydrogens is 447 g/mol. The minimum Gasteiger partial charge on any atom is -0.493 e. The van der Waals surface area contributed by atoms with Crippen LogP contribution in [0.3, 0.4) is 0 Å². The Labute approximate surface area is 213 Å². The van der Waals surface area contributed by atoms with Crippen LogP contribution in [0.4, 0.5) is 0 Å². The molecular formula is C32H37O2P. The van der Waals surface area contributed by atoms with E-state index < -0.39 is 7.92 Å². The maximum absolute atomic E-state index is 9.18. The van der Waals surface area contributed by atoms with Crippen LogP contribution in [0.25, 0.3) is 5.57 Å². The fraction of sp³-hybridized carbons (Fsp3) is 0.250. The molecule has 0 bridgehead atoms. The molecule has 0 spiro atoms. The van der Waals surface area contributed by atoms with Crippen LogP contribution in [0.5, 0.6) is 0 Å². The molecule has 3 aromatic rings. The molecule has 0 amide bonds. The van der Waals surface area contributed by atoms with Crippen LogP contribution >= 0.6 is 7.92 Å². The summed E-state index contributed by atoms with van der Waals surface area (Å²) in [6.45, 7) is 6.93. The standard InChI is InChI=1S/C28H29O2P.C2H6.C2H2/c1-22-17-18-27(30-20-10-19-29)26(21-22)25-15-8-9-16-28(25)31(23-11-4-2-5-12-23)24-13-6-3-7-14-24;2*1-2/h2-9,11-16,18,21-22,29H,10,17,19-20H2,1H3;1-2H3;1-2H. The maximum Gasteiger partial charge on any atom is 0.122 e. The van der Waals surface area contributed by atoms with Crippen molar-refractivity contribution in [3.63, 3.8) is 0 Å². The molecule has 1 unspecified atom stereocenters. The van der Waals surface area contributed by atoms with E-state index in [1.54, 1.807) is 0 Å². The number of benzene rings is 3. The first kappa shape index (κ1) is 28.1. The van der Waals surface area contributed by atoms with E-state index in [-0.39, 0.29) is 6.61 Å². The minimum absolute atomic E-state index is 0.145. The molecule has 0 heterocycles. The number of hydrogen-bond donors (Lipinski definition) is 1. The van der Waals surface area contributed by atoms with E-state index in [0.29, 0.717) is 18.9 Å². The average Bonchev–Trinajstić information content (AvgIpc) is 2.94. The predicted octanol–water partition coefficient (Wildman–Crippen LogP) is 6.43. The van der Waals surface area contributed by atoms with E-state index in [9.17, 15) is 5.11 Å². The van der Waals surface area contributed by atoms with E-state index in [4.69, 9.17) is 4.74 Å². The topological polar surface area (TPSA) is 29.5 Å². The Kier molecular flexibility index (Phi) is 12.6. The van der Waals surface area contributed by atoms with Gasteiger partial charge < -0.3 is 9.84 Å². The highest BCUT2D eigenvalue weighted by Crippen LogP contribution is 2.39. The first-order valence-corrected chi connectivity index (χ1v) is 13.6. The number of rotatable bonds is 8. The third kappa shape index (κ3) is 7.69. The Morgan fingerprint density at radius 1 is 0.857 bits per heavy atom. The van der Waals surface area contributed by atoms with Crippen molar-refractivity contribution in [2.75, 3.05) is 13.2 Å². The normalized spacial score (nSPS) is 14.4. The van der Waals surface area contributed by atoms with Crippen LogP contribution in [0.2, 0.25) is 0 Å². The lowest BCUT2D eigenvalue weighted by molar-refractivity contribution is 0.185. The Bertz CT molecular complexity index is 1040. The molecule has 0 radical (unpaired) electrons. The molecule has 2 nitrogen and oxygen atoms in total. The van der Waals surface area contributed by atoms with E-state index in [1.165, 1.54) is 27.1 Å². The lowest BCUT2D eigenvalue weighted by Crippen LogP contribution is -2.24. The fourth-order valence-corrected chi connectivity index (χ4v) is 6.39. The molecule has 1 atom stereocenters. The highest BCUT2D eigenvalue weighted by Gasteiger charge is 2.24. The fourth-order valence-electron chi connectivity index (χ4n) is 3.92. The number of hydrogen-bond acceptors (Lipinski definition) is 2. The SMILES string of the molecule is C#C.CC.CC1C=C(c2ccccc2P(c2ccccc2)c2ccccc2)C(OCCCO)=CC1. The molecule has 182 valence electrons. The molecule has 3 heteroatoms. The van der Waals surface area contributed by atoms with Crippen LogP contribution in [0.1, 0.15) is 39.2 Å². The number of terminal acetylenes is 1. The van der Waals surface area contributed by atoms with Crippen molar-refractivity contribution in [1.82, 2.24) is 0 Å². The Morgan fingerprint density at radius 2 is 1.40 bits per heavy atom. The van der Waals surface area contributed by atoms with Gasteiger partial charge in [0.15, 0.2) is 0 Å². The average molecular weight is 485 g/mol. The summed E-state index contributed by atoms with van der Waals surface area (Å²) in [6, 6.07) is 30.4.